The summed E-state index contributed by atoms with van der Waals surface area (Å²) in [6, 6.07) is 37.8. The van der Waals surface area contributed by atoms with Crippen LogP contribution in [0.2, 0.25) is 0 Å². The lowest BCUT2D eigenvalue weighted by Gasteiger charge is -2.34. The predicted molar refractivity (Wildman–Crippen MR) is 412 cm³/mol. The van der Waals surface area contributed by atoms with Gasteiger partial charge in [-0.1, -0.05) is 167 Å². The molecule has 2 aliphatic rings. The zero-order chi connectivity index (χ0) is 82.1. The Morgan fingerprint density at radius 2 is 0.660 bits per heavy atom. The van der Waals surface area contributed by atoms with Crippen LogP contribution >= 0.6 is 0 Å². The molecule has 2 unspecified atom stereocenters. The van der Waals surface area contributed by atoms with Gasteiger partial charge in [0.15, 0.2) is 5.92 Å². The molecule has 8 rings (SSSR count). The molecule has 8 N–H and O–H groups in total. The summed E-state index contributed by atoms with van der Waals surface area (Å²) >= 11 is 0. The Morgan fingerprint density at radius 1 is 0.406 bits per heavy atom. The predicted octanol–water partition coefficient (Wildman–Crippen LogP) is 16.9. The summed E-state index contributed by atoms with van der Waals surface area (Å²) in [5.74, 6) is 13.4. The van der Waals surface area contributed by atoms with Gasteiger partial charge in [0.25, 0.3) is 11.6 Å². The summed E-state index contributed by atoms with van der Waals surface area (Å²) in [4.78, 5) is 90.0. The van der Waals surface area contributed by atoms with E-state index in [1.165, 1.54) is 102 Å². The maximum absolute atomic E-state index is 12.1. The topological polar surface area (TPSA) is 345 Å². The second-order valence-corrected chi connectivity index (χ2v) is 20.8. The minimum absolute atomic E-state index is 0.0222. The summed E-state index contributed by atoms with van der Waals surface area (Å²) in [6.07, 6.45) is 2.28. The SMILES string of the molecule is CC.CC.CC.CC.CC.CC.CC#CC(CC(=O)O)c1ccc(O)cc1.CC#CC(c1ccc(O)cc1)C1C(=O)OC(C)(C)OC1=O.CC#C[C@H](CC(=O)O)c1ccc(O)cc1.CC#C[C@H](CC(=O)OC)c1ccc(O)cc1.CC1(C)OC(=O)C(=Cc2ccc(O)cc2)C(=O)O1.O=Cc1ccc(O)cc1. The second kappa shape index (κ2) is 57.6. The van der Waals surface area contributed by atoms with Crippen LogP contribution < -0.4 is 0 Å². The number of phenolic OH excluding ortho intramolecular Hbond substituents is 6. The van der Waals surface area contributed by atoms with Gasteiger partial charge < -0.3 is 64.5 Å². The number of aliphatic carboxylic acids is 2. The molecule has 0 aromatic heterocycles. The lowest BCUT2D eigenvalue weighted by atomic mass is 9.85. The van der Waals surface area contributed by atoms with Crippen molar-refractivity contribution in [3.63, 3.8) is 0 Å². The van der Waals surface area contributed by atoms with E-state index in [0.29, 0.717) is 16.7 Å². The Bertz CT molecular complexity index is 3720. The molecule has 106 heavy (non-hydrogen) atoms. The van der Waals surface area contributed by atoms with Gasteiger partial charge in [-0.25, -0.2) is 9.59 Å². The molecular weight excluding hydrogens is 1360 g/mol. The van der Waals surface area contributed by atoms with Crippen molar-refractivity contribution < 1.29 is 103 Å². The molecule has 574 valence electrons. The molecule has 21 heteroatoms. The summed E-state index contributed by atoms with van der Waals surface area (Å²) < 4.78 is 24.8. The van der Waals surface area contributed by atoms with Crippen LogP contribution in [0.25, 0.3) is 6.08 Å². The fourth-order valence-electron chi connectivity index (χ4n) is 8.26. The third kappa shape index (κ3) is 41.2. The van der Waals surface area contributed by atoms with Crippen LogP contribution in [0.5, 0.6) is 34.5 Å². The van der Waals surface area contributed by atoms with Crippen molar-refractivity contribution in [1.82, 2.24) is 0 Å². The summed E-state index contributed by atoms with van der Waals surface area (Å²) in [5, 5.41) is 72.0. The highest BCUT2D eigenvalue weighted by Gasteiger charge is 2.47. The summed E-state index contributed by atoms with van der Waals surface area (Å²) in [7, 11) is 1.36. The number of hydrogen-bond donors (Lipinski definition) is 8. The van der Waals surface area contributed by atoms with E-state index in [2.05, 4.69) is 52.1 Å². The largest absolute Gasteiger partial charge is 0.508 e. The normalized spacial score (nSPS) is 12.8. The van der Waals surface area contributed by atoms with E-state index in [1.807, 2.05) is 83.1 Å². The fourth-order valence-corrected chi connectivity index (χ4v) is 8.26. The summed E-state index contributed by atoms with van der Waals surface area (Å²) in [5.41, 5.74) is 4.16. The van der Waals surface area contributed by atoms with Crippen molar-refractivity contribution in [3.05, 3.63) is 185 Å². The third-order valence-electron chi connectivity index (χ3n) is 12.6. The number of carbonyl (C=O) groups excluding carboxylic acids is 6. The molecule has 2 heterocycles. The number of carbonyl (C=O) groups is 8. The maximum atomic E-state index is 12.1. The number of carboxylic acids is 2. The second-order valence-electron chi connectivity index (χ2n) is 20.8. The van der Waals surface area contributed by atoms with Gasteiger partial charge in [-0.05, 0) is 147 Å². The van der Waals surface area contributed by atoms with Gasteiger partial charge in [-0.2, -0.15) is 0 Å². The molecule has 0 aliphatic carbocycles. The van der Waals surface area contributed by atoms with Gasteiger partial charge in [-0.3, -0.25) is 28.8 Å². The molecule has 0 amide bonds. The molecule has 0 saturated carbocycles. The lowest BCUT2D eigenvalue weighted by molar-refractivity contribution is -0.240. The zero-order valence-corrected chi connectivity index (χ0v) is 64.9. The Morgan fingerprint density at radius 3 is 0.925 bits per heavy atom. The van der Waals surface area contributed by atoms with Crippen molar-refractivity contribution >= 4 is 54.1 Å². The smallest absolute Gasteiger partial charge is 0.348 e. The van der Waals surface area contributed by atoms with Crippen LogP contribution in [0.15, 0.2) is 151 Å². The minimum atomic E-state index is -1.26. The van der Waals surface area contributed by atoms with Crippen molar-refractivity contribution in [3.8, 4) is 81.9 Å². The van der Waals surface area contributed by atoms with E-state index >= 15 is 0 Å². The number of rotatable bonds is 13. The Labute approximate surface area is 626 Å². The van der Waals surface area contributed by atoms with Gasteiger partial charge in [0, 0.05) is 33.3 Å². The van der Waals surface area contributed by atoms with Gasteiger partial charge >= 0.3 is 41.8 Å². The lowest BCUT2D eigenvalue weighted by Crippen LogP contribution is -2.48. The number of aromatic hydroxyl groups is 6. The van der Waals surface area contributed by atoms with E-state index in [4.69, 9.17) is 54.7 Å². The molecule has 2 aliphatic heterocycles. The average Bonchev–Trinajstić information content (AvgIpc) is 0.799. The first-order valence-corrected chi connectivity index (χ1v) is 34.5. The van der Waals surface area contributed by atoms with Crippen molar-refractivity contribution in [1.29, 1.82) is 0 Å². The Kier molecular flexibility index (Phi) is 54.5. The number of esters is 5. The first-order chi connectivity index (χ1) is 50.5. The minimum Gasteiger partial charge on any atom is -0.508 e. The van der Waals surface area contributed by atoms with E-state index < -0.39 is 59.2 Å². The average molecular weight is 1470 g/mol. The van der Waals surface area contributed by atoms with E-state index in [-0.39, 0.29) is 83.1 Å². The quantitative estimate of drug-likeness (QED) is 0.0101. The highest BCUT2D eigenvalue weighted by atomic mass is 16.8. The number of cyclic esters (lactones) is 4. The van der Waals surface area contributed by atoms with Crippen LogP contribution in [0, 0.1) is 53.3 Å². The summed E-state index contributed by atoms with van der Waals surface area (Å²) in [6.45, 7) is 36.7. The molecule has 0 radical (unpaired) electrons. The van der Waals surface area contributed by atoms with Crippen molar-refractivity contribution in [2.75, 3.05) is 7.11 Å². The number of methoxy groups -OCH3 is 1. The van der Waals surface area contributed by atoms with Crippen molar-refractivity contribution in [2.45, 2.75) is 193 Å². The standard InChI is InChI=1S/C16H16O5.C13H12O5.C13H14O3.2C12H12O3.C7H6O2.6C2H6/c1-4-5-12(10-6-8-11(17)9-7-10)13-14(18)20-16(2,3)21-15(13)19;1-13(2)17-11(15)10(12(16)18-13)7-8-3-5-9(14)6-4-8;1-3-4-11(9-13(15)16-2)10-5-7-12(14)8-6-10;2*1-2-3-10(8-12(14)15)9-4-6-11(13)7-5-9;8-5-6-1-3-7(9)4-2-6;6*1-2/h6-9,12-13,17H,1-3H3;3-7,14H,1-2H3;5-8,11,14H,9H2,1-2H3;2*4-7,10,13H,8H2,1H3,(H,14,15);1-5,9H;6*1-2H3/t;;11-;10-;;;;;;;;/m..11......../s1. The van der Waals surface area contributed by atoms with E-state index in [0.717, 1.165) is 23.0 Å². The third-order valence-corrected chi connectivity index (χ3v) is 12.6. The molecule has 4 atom stereocenters. The molecular formula is C85H108O21. The van der Waals surface area contributed by atoms with Crippen molar-refractivity contribution in [2.24, 2.45) is 5.92 Å². The molecule has 0 bridgehead atoms. The number of ether oxygens (including phenoxy) is 5. The highest BCUT2D eigenvalue weighted by Crippen LogP contribution is 2.34. The van der Waals surface area contributed by atoms with Crippen LogP contribution in [-0.4, -0.2) is 108 Å². The highest BCUT2D eigenvalue weighted by molar-refractivity contribution is 6.18. The van der Waals surface area contributed by atoms with Gasteiger partial charge in [0.1, 0.15) is 46.4 Å². The molecule has 6 aromatic rings. The van der Waals surface area contributed by atoms with E-state index in [1.54, 1.807) is 113 Å². The van der Waals surface area contributed by atoms with E-state index in [9.17, 15) is 43.5 Å². The first kappa shape index (κ1) is 100. The number of hydrogen-bond acceptors (Lipinski definition) is 19. The first-order valence-electron chi connectivity index (χ1n) is 34.5. The molecule has 2 fully saturated rings. The Hall–Kier alpha value is -11.9. The van der Waals surface area contributed by atoms with Crippen LogP contribution in [-0.2, 0) is 57.2 Å². The number of aldehydes is 1. The fraction of sp³-hybridized carbons (Fsp3) is 0.365. The molecule has 21 nitrogen and oxygen atoms in total. The van der Waals surface area contributed by atoms with Gasteiger partial charge in [0.05, 0.1) is 50.0 Å². The van der Waals surface area contributed by atoms with Crippen LogP contribution in [0.3, 0.4) is 0 Å². The Balaban J connectivity index is -0.000000578. The van der Waals surface area contributed by atoms with Gasteiger partial charge in [0.2, 0.25) is 0 Å². The zero-order valence-electron chi connectivity index (χ0n) is 64.9. The number of benzene rings is 6. The molecule has 2 saturated heterocycles. The maximum Gasteiger partial charge on any atom is 0.348 e. The van der Waals surface area contributed by atoms with Gasteiger partial charge in [-0.15, -0.1) is 23.7 Å². The molecule has 0 spiro atoms. The monoisotopic (exact) mass is 1460 g/mol. The number of carboxylic acid groups (broad SMARTS) is 2. The van der Waals surface area contributed by atoms with Crippen LogP contribution in [0.1, 0.15) is 220 Å². The van der Waals surface area contributed by atoms with Crippen LogP contribution in [0.4, 0.5) is 0 Å². The molecule has 6 aromatic carbocycles. The number of phenols is 6.